The van der Waals surface area contributed by atoms with Crippen LogP contribution in [0.25, 0.3) is 10.9 Å². The number of nitrogens with one attached hydrogen (secondary N) is 2. The van der Waals surface area contributed by atoms with Crippen LogP contribution in [0.15, 0.2) is 48.7 Å². The fraction of sp³-hybridized carbons (Fsp3) is 0.176. The molecule has 4 nitrogen and oxygen atoms in total. The van der Waals surface area contributed by atoms with Crippen molar-refractivity contribution >= 4 is 22.5 Å². The number of anilines is 1. The van der Waals surface area contributed by atoms with Gasteiger partial charge in [-0.15, -0.1) is 0 Å². The Bertz CT molecular complexity index is 850. The van der Waals surface area contributed by atoms with E-state index in [0.717, 1.165) is 35.0 Å². The summed E-state index contributed by atoms with van der Waals surface area (Å²) in [5.74, 6) is -0.331. The lowest BCUT2D eigenvalue weighted by Gasteiger charge is -2.16. The third-order valence-electron chi connectivity index (χ3n) is 4.28. The van der Waals surface area contributed by atoms with Crippen LogP contribution in [-0.2, 0) is 10.2 Å². The van der Waals surface area contributed by atoms with Gasteiger partial charge in [0.2, 0.25) is 5.91 Å². The topological polar surface area (TPSA) is 57.8 Å². The smallest absolute Gasteiger partial charge is 0.235 e. The molecule has 0 unspecified atom stereocenters. The highest BCUT2D eigenvalue weighted by atomic mass is 19.1. The van der Waals surface area contributed by atoms with Crippen LogP contribution in [0.4, 0.5) is 10.1 Å². The molecule has 0 bridgehead atoms. The zero-order valence-corrected chi connectivity index (χ0v) is 11.8. The van der Waals surface area contributed by atoms with Crippen LogP contribution in [-0.4, -0.2) is 16.1 Å². The highest BCUT2D eigenvalue weighted by Gasteiger charge is 2.51. The van der Waals surface area contributed by atoms with Crippen LogP contribution in [0, 0.1) is 5.82 Å². The molecule has 110 valence electrons. The van der Waals surface area contributed by atoms with Gasteiger partial charge in [0.1, 0.15) is 5.82 Å². The quantitative estimate of drug-likeness (QED) is 0.778. The number of carbonyl (C=O) groups is 1. The number of aromatic amines is 1. The minimum Gasteiger partial charge on any atom is -0.325 e. The average Bonchev–Trinajstić information content (AvgIpc) is 3.20. The van der Waals surface area contributed by atoms with Crippen molar-refractivity contribution in [2.24, 2.45) is 0 Å². The first kappa shape index (κ1) is 13.0. The summed E-state index contributed by atoms with van der Waals surface area (Å²) in [5, 5.41) is 10.8. The first-order valence-corrected chi connectivity index (χ1v) is 7.18. The van der Waals surface area contributed by atoms with Gasteiger partial charge in [-0.1, -0.05) is 12.1 Å². The van der Waals surface area contributed by atoms with Crippen LogP contribution in [0.1, 0.15) is 18.4 Å². The van der Waals surface area contributed by atoms with Crippen LogP contribution in [0.3, 0.4) is 0 Å². The zero-order valence-electron chi connectivity index (χ0n) is 11.8. The predicted molar refractivity (Wildman–Crippen MR) is 82.0 cm³/mol. The Kier molecular flexibility index (Phi) is 2.76. The normalized spacial score (nSPS) is 15.7. The van der Waals surface area contributed by atoms with Crippen molar-refractivity contribution in [2.45, 2.75) is 18.3 Å². The van der Waals surface area contributed by atoms with E-state index in [1.165, 1.54) is 12.1 Å². The minimum atomic E-state index is -0.517. The van der Waals surface area contributed by atoms with Crippen molar-refractivity contribution in [3.63, 3.8) is 0 Å². The maximum Gasteiger partial charge on any atom is 0.235 e. The SMILES string of the molecule is O=C(Nc1ccc2cn[nH]c2c1)C1(c2ccc(F)cc2)CC1. The number of amides is 1. The first-order valence-electron chi connectivity index (χ1n) is 7.18. The summed E-state index contributed by atoms with van der Waals surface area (Å²) >= 11 is 0. The zero-order chi connectivity index (χ0) is 15.2. The van der Waals surface area contributed by atoms with Crippen LogP contribution in [0.2, 0.25) is 0 Å². The van der Waals surface area contributed by atoms with Gasteiger partial charge in [-0.2, -0.15) is 5.10 Å². The largest absolute Gasteiger partial charge is 0.325 e. The molecule has 2 N–H and O–H groups in total. The Morgan fingerprint density at radius 1 is 1.18 bits per heavy atom. The number of rotatable bonds is 3. The average molecular weight is 295 g/mol. The molecule has 0 saturated heterocycles. The maximum atomic E-state index is 13.1. The summed E-state index contributed by atoms with van der Waals surface area (Å²) in [6, 6.07) is 11.8. The van der Waals surface area contributed by atoms with Crippen LogP contribution in [0.5, 0.6) is 0 Å². The van der Waals surface area contributed by atoms with E-state index in [1.54, 1.807) is 18.3 Å². The van der Waals surface area contributed by atoms with Gasteiger partial charge >= 0.3 is 0 Å². The Balaban J connectivity index is 1.59. The molecule has 22 heavy (non-hydrogen) atoms. The molecule has 0 aliphatic heterocycles. The molecule has 1 amide bonds. The molecule has 0 spiro atoms. The van der Waals surface area contributed by atoms with Crippen molar-refractivity contribution in [1.82, 2.24) is 10.2 Å². The third-order valence-corrected chi connectivity index (χ3v) is 4.28. The van der Waals surface area contributed by atoms with Gasteiger partial charge in [-0.25, -0.2) is 4.39 Å². The lowest BCUT2D eigenvalue weighted by molar-refractivity contribution is -0.118. The van der Waals surface area contributed by atoms with Crippen LogP contribution >= 0.6 is 0 Å². The van der Waals surface area contributed by atoms with Crippen molar-refractivity contribution < 1.29 is 9.18 Å². The summed E-state index contributed by atoms with van der Waals surface area (Å²) in [6.45, 7) is 0. The summed E-state index contributed by atoms with van der Waals surface area (Å²) in [7, 11) is 0. The Labute approximate surface area is 126 Å². The highest BCUT2D eigenvalue weighted by Crippen LogP contribution is 2.49. The van der Waals surface area contributed by atoms with Crippen molar-refractivity contribution in [2.75, 3.05) is 5.32 Å². The van der Waals surface area contributed by atoms with E-state index >= 15 is 0 Å². The second-order valence-corrected chi connectivity index (χ2v) is 5.72. The number of halogens is 1. The first-order chi connectivity index (χ1) is 10.7. The number of fused-ring (bicyclic) bond motifs is 1. The van der Waals surface area contributed by atoms with E-state index in [1.807, 2.05) is 18.2 Å². The molecule has 1 heterocycles. The van der Waals surface area contributed by atoms with Gasteiger partial charge < -0.3 is 5.32 Å². The molecule has 1 aliphatic rings. The second kappa shape index (κ2) is 4.66. The fourth-order valence-electron chi connectivity index (χ4n) is 2.81. The number of H-pyrrole nitrogens is 1. The number of hydrogen-bond acceptors (Lipinski definition) is 2. The number of carbonyl (C=O) groups excluding carboxylic acids is 1. The molecular formula is C17H14FN3O. The molecule has 1 aromatic heterocycles. The standard InChI is InChI=1S/C17H14FN3O/c18-13-4-2-12(3-5-13)17(7-8-17)16(22)20-14-6-1-11-10-19-21-15(11)9-14/h1-6,9-10H,7-8H2,(H,19,21)(H,20,22). The molecule has 4 rings (SSSR count). The van der Waals surface area contributed by atoms with E-state index < -0.39 is 5.41 Å². The highest BCUT2D eigenvalue weighted by molar-refractivity contribution is 6.02. The van der Waals surface area contributed by atoms with E-state index in [-0.39, 0.29) is 11.7 Å². The minimum absolute atomic E-state index is 0.0435. The summed E-state index contributed by atoms with van der Waals surface area (Å²) in [4.78, 5) is 12.6. The van der Waals surface area contributed by atoms with Crippen LogP contribution < -0.4 is 5.32 Å². The van der Waals surface area contributed by atoms with Gasteiger partial charge in [-0.3, -0.25) is 9.89 Å². The lowest BCUT2D eigenvalue weighted by Crippen LogP contribution is -2.27. The van der Waals surface area contributed by atoms with E-state index in [0.29, 0.717) is 0 Å². The summed E-state index contributed by atoms with van der Waals surface area (Å²) in [5.41, 5.74) is 1.96. The Hall–Kier alpha value is -2.69. The molecule has 1 saturated carbocycles. The van der Waals surface area contributed by atoms with Crippen molar-refractivity contribution in [3.8, 4) is 0 Å². The maximum absolute atomic E-state index is 13.1. The number of hydrogen-bond donors (Lipinski definition) is 2. The molecule has 0 atom stereocenters. The number of nitrogens with zero attached hydrogens (tertiary/aromatic N) is 1. The van der Waals surface area contributed by atoms with E-state index in [4.69, 9.17) is 0 Å². The molecule has 2 aromatic carbocycles. The molecule has 5 heteroatoms. The predicted octanol–water partition coefficient (Wildman–Crippen LogP) is 3.37. The lowest BCUT2D eigenvalue weighted by atomic mass is 9.95. The third kappa shape index (κ3) is 2.06. The fourth-order valence-corrected chi connectivity index (χ4v) is 2.81. The molecular weight excluding hydrogens is 281 g/mol. The van der Waals surface area contributed by atoms with Gasteiger partial charge in [-0.05, 0) is 48.7 Å². The molecule has 3 aromatic rings. The Morgan fingerprint density at radius 3 is 2.68 bits per heavy atom. The van der Waals surface area contributed by atoms with Gasteiger partial charge in [0.15, 0.2) is 0 Å². The summed E-state index contributed by atoms with van der Waals surface area (Å²) in [6.07, 6.45) is 3.31. The van der Waals surface area contributed by atoms with E-state index in [9.17, 15) is 9.18 Å². The van der Waals surface area contributed by atoms with Crippen molar-refractivity contribution in [3.05, 3.63) is 60.0 Å². The van der Waals surface area contributed by atoms with Crippen molar-refractivity contribution in [1.29, 1.82) is 0 Å². The second-order valence-electron chi connectivity index (χ2n) is 5.72. The number of benzene rings is 2. The molecule has 1 fully saturated rings. The van der Waals surface area contributed by atoms with Gasteiger partial charge in [0.05, 0.1) is 17.1 Å². The van der Waals surface area contributed by atoms with Gasteiger partial charge in [0, 0.05) is 11.1 Å². The number of aromatic nitrogens is 2. The van der Waals surface area contributed by atoms with E-state index in [2.05, 4.69) is 15.5 Å². The summed E-state index contributed by atoms with van der Waals surface area (Å²) < 4.78 is 13.1. The Morgan fingerprint density at radius 2 is 1.95 bits per heavy atom. The monoisotopic (exact) mass is 295 g/mol. The molecule has 0 radical (unpaired) electrons. The molecule has 1 aliphatic carbocycles. The van der Waals surface area contributed by atoms with Gasteiger partial charge in [0.25, 0.3) is 0 Å².